The molecule has 94 valence electrons. The molecular weight excluding hydrogens is 240 g/mol. The first-order valence-electron chi connectivity index (χ1n) is 5.21. The lowest BCUT2D eigenvalue weighted by Gasteiger charge is -2.09. The molecule has 7 heteroatoms. The zero-order valence-corrected chi connectivity index (χ0v) is 11.0. The summed E-state index contributed by atoms with van der Waals surface area (Å²) in [6.45, 7) is 4.72. The van der Waals surface area contributed by atoms with Crippen LogP contribution >= 0.6 is 11.8 Å². The highest BCUT2D eigenvalue weighted by atomic mass is 32.2. The van der Waals surface area contributed by atoms with Crippen molar-refractivity contribution >= 4 is 22.6 Å². The predicted molar refractivity (Wildman–Crippen MR) is 69.2 cm³/mol. The van der Waals surface area contributed by atoms with Crippen molar-refractivity contribution in [1.82, 2.24) is 9.97 Å². The van der Waals surface area contributed by atoms with E-state index in [9.17, 15) is 0 Å². The molecule has 1 aromatic heterocycles. The molecule has 1 heterocycles. The number of aromatic nitrogens is 2. The summed E-state index contributed by atoms with van der Waals surface area (Å²) in [6.07, 6.45) is 3.22. The smallest absolute Gasteiger partial charge is 0.247 e. The number of nitrogens with zero attached hydrogens (tertiary/aromatic N) is 3. The Hall–Kier alpha value is -1.50. The van der Waals surface area contributed by atoms with E-state index in [4.69, 9.17) is 15.2 Å². The molecule has 1 rings (SSSR count). The van der Waals surface area contributed by atoms with Gasteiger partial charge in [0, 0.05) is 0 Å². The molecule has 0 amide bonds. The second-order valence-electron chi connectivity index (χ2n) is 2.85. The molecule has 0 aliphatic heterocycles. The minimum absolute atomic E-state index is 0.378. The third kappa shape index (κ3) is 3.77. The van der Waals surface area contributed by atoms with Crippen molar-refractivity contribution in [3.63, 3.8) is 0 Å². The summed E-state index contributed by atoms with van der Waals surface area (Å²) in [5.41, 5.74) is 6.11. The van der Waals surface area contributed by atoms with Gasteiger partial charge in [-0.15, -0.1) is 0 Å². The molecule has 6 nitrogen and oxygen atoms in total. The second kappa shape index (κ2) is 6.95. The fourth-order valence-electron chi connectivity index (χ4n) is 1.08. The van der Waals surface area contributed by atoms with Gasteiger partial charge in [0.25, 0.3) is 0 Å². The fraction of sp³-hybridized carbons (Fsp3) is 0.500. The van der Waals surface area contributed by atoms with Crippen LogP contribution in [0.4, 0.5) is 5.69 Å². The SMILES string of the molecule is CCOc1ncnc(OCC)c1N=C(N)SC. The maximum atomic E-state index is 5.68. The molecular formula is C10H16N4O2S. The van der Waals surface area contributed by atoms with Gasteiger partial charge < -0.3 is 15.2 Å². The molecule has 0 fully saturated rings. The maximum Gasteiger partial charge on any atom is 0.247 e. The molecule has 0 aliphatic carbocycles. The van der Waals surface area contributed by atoms with Gasteiger partial charge in [-0.25, -0.2) is 4.99 Å². The Labute approximate surface area is 105 Å². The van der Waals surface area contributed by atoms with Crippen LogP contribution in [0.2, 0.25) is 0 Å². The highest BCUT2D eigenvalue weighted by molar-refractivity contribution is 8.13. The molecule has 0 bridgehead atoms. The number of hydrogen-bond donors (Lipinski definition) is 1. The molecule has 0 spiro atoms. The van der Waals surface area contributed by atoms with Crippen LogP contribution in [0.1, 0.15) is 13.8 Å². The summed E-state index contributed by atoms with van der Waals surface area (Å²) >= 11 is 1.33. The van der Waals surface area contributed by atoms with E-state index in [0.717, 1.165) is 0 Å². The molecule has 17 heavy (non-hydrogen) atoms. The van der Waals surface area contributed by atoms with Gasteiger partial charge in [-0.05, 0) is 20.1 Å². The Kier molecular flexibility index (Phi) is 5.55. The van der Waals surface area contributed by atoms with Crippen LogP contribution in [-0.4, -0.2) is 34.6 Å². The van der Waals surface area contributed by atoms with Gasteiger partial charge in [0.15, 0.2) is 10.9 Å². The monoisotopic (exact) mass is 256 g/mol. The molecule has 0 atom stereocenters. The van der Waals surface area contributed by atoms with Gasteiger partial charge in [-0.2, -0.15) is 9.97 Å². The number of aliphatic imine (C=N–C) groups is 1. The minimum Gasteiger partial charge on any atom is -0.476 e. The lowest BCUT2D eigenvalue weighted by molar-refractivity contribution is 0.308. The zero-order chi connectivity index (χ0) is 12.7. The van der Waals surface area contributed by atoms with Crippen molar-refractivity contribution < 1.29 is 9.47 Å². The van der Waals surface area contributed by atoms with Gasteiger partial charge >= 0.3 is 0 Å². The Bertz CT molecular complexity index is 374. The van der Waals surface area contributed by atoms with Gasteiger partial charge in [0.05, 0.1) is 13.2 Å². The minimum atomic E-state index is 0.378. The summed E-state index contributed by atoms with van der Waals surface area (Å²) in [6, 6.07) is 0. The van der Waals surface area contributed by atoms with E-state index in [2.05, 4.69) is 15.0 Å². The number of amidine groups is 1. The largest absolute Gasteiger partial charge is 0.476 e. The number of nitrogens with two attached hydrogens (primary N) is 1. The van der Waals surface area contributed by atoms with Gasteiger partial charge in [-0.3, -0.25) is 0 Å². The van der Waals surface area contributed by atoms with E-state index in [1.54, 1.807) is 0 Å². The topological polar surface area (TPSA) is 82.6 Å². The molecule has 1 aromatic rings. The van der Waals surface area contributed by atoms with E-state index < -0.39 is 0 Å². The zero-order valence-electron chi connectivity index (χ0n) is 10.1. The predicted octanol–water partition coefficient (Wildman–Crippen LogP) is 1.58. The normalized spacial score (nSPS) is 11.4. The molecule has 0 aliphatic rings. The first-order valence-corrected chi connectivity index (χ1v) is 6.44. The Morgan fingerprint density at radius 1 is 1.29 bits per heavy atom. The molecule has 2 N–H and O–H groups in total. The Balaban J connectivity index is 3.17. The molecule has 0 radical (unpaired) electrons. The average molecular weight is 256 g/mol. The third-order valence-corrected chi connectivity index (χ3v) is 2.26. The standard InChI is InChI=1S/C10H16N4O2S/c1-4-15-8-7(14-10(11)17-3)9(16-5-2)13-6-12-8/h6H,4-5H2,1-3H3,(H2,11,14). The summed E-state index contributed by atoms with van der Waals surface area (Å²) < 4.78 is 10.7. The van der Waals surface area contributed by atoms with Crippen LogP contribution in [0.3, 0.4) is 0 Å². The van der Waals surface area contributed by atoms with Crippen molar-refractivity contribution in [2.45, 2.75) is 13.8 Å². The number of ether oxygens (including phenoxy) is 2. The van der Waals surface area contributed by atoms with Crippen molar-refractivity contribution in [3.8, 4) is 11.8 Å². The first kappa shape index (κ1) is 13.6. The second-order valence-corrected chi connectivity index (χ2v) is 3.68. The van der Waals surface area contributed by atoms with Gasteiger partial charge in [0.1, 0.15) is 6.33 Å². The van der Waals surface area contributed by atoms with E-state index in [1.807, 2.05) is 20.1 Å². The lowest BCUT2D eigenvalue weighted by Crippen LogP contribution is -2.06. The van der Waals surface area contributed by atoms with Crippen LogP contribution < -0.4 is 15.2 Å². The van der Waals surface area contributed by atoms with Crippen molar-refractivity contribution in [1.29, 1.82) is 0 Å². The maximum absolute atomic E-state index is 5.68. The van der Waals surface area contributed by atoms with E-state index in [1.165, 1.54) is 18.1 Å². The molecule has 0 saturated heterocycles. The number of thioether (sulfide) groups is 1. The van der Waals surface area contributed by atoms with Crippen LogP contribution in [-0.2, 0) is 0 Å². The van der Waals surface area contributed by atoms with E-state index in [-0.39, 0.29) is 0 Å². The fourth-order valence-corrected chi connectivity index (χ4v) is 1.27. The third-order valence-electron chi connectivity index (χ3n) is 1.75. The van der Waals surface area contributed by atoms with Gasteiger partial charge in [-0.1, -0.05) is 11.8 Å². The quantitative estimate of drug-likeness (QED) is 0.636. The van der Waals surface area contributed by atoms with Crippen LogP contribution in [0.5, 0.6) is 11.8 Å². The van der Waals surface area contributed by atoms with Crippen LogP contribution in [0.15, 0.2) is 11.3 Å². The average Bonchev–Trinajstić information content (AvgIpc) is 2.33. The molecule has 0 saturated carbocycles. The molecule has 0 unspecified atom stereocenters. The van der Waals surface area contributed by atoms with Crippen LogP contribution in [0, 0.1) is 0 Å². The summed E-state index contributed by atoms with van der Waals surface area (Å²) in [7, 11) is 0. The lowest BCUT2D eigenvalue weighted by atomic mass is 10.5. The van der Waals surface area contributed by atoms with Gasteiger partial charge in [0.2, 0.25) is 11.8 Å². The van der Waals surface area contributed by atoms with Crippen molar-refractivity contribution in [2.75, 3.05) is 19.5 Å². The summed E-state index contributed by atoms with van der Waals surface area (Å²) in [5, 5.41) is 0.404. The van der Waals surface area contributed by atoms with Crippen molar-refractivity contribution in [2.24, 2.45) is 10.7 Å². The first-order chi connectivity index (χ1) is 8.22. The van der Waals surface area contributed by atoms with E-state index >= 15 is 0 Å². The highest BCUT2D eigenvalue weighted by Gasteiger charge is 2.13. The Morgan fingerprint density at radius 2 is 1.82 bits per heavy atom. The van der Waals surface area contributed by atoms with Crippen LogP contribution in [0.25, 0.3) is 0 Å². The Morgan fingerprint density at radius 3 is 2.24 bits per heavy atom. The molecule has 0 aromatic carbocycles. The summed E-state index contributed by atoms with van der Waals surface area (Å²) in [4.78, 5) is 12.2. The number of hydrogen-bond acceptors (Lipinski definition) is 6. The van der Waals surface area contributed by atoms with E-state index in [0.29, 0.717) is 35.8 Å². The highest BCUT2D eigenvalue weighted by Crippen LogP contribution is 2.33. The number of rotatable bonds is 5. The summed E-state index contributed by atoms with van der Waals surface area (Å²) in [5.74, 6) is 0.755. The van der Waals surface area contributed by atoms with Crippen molar-refractivity contribution in [3.05, 3.63) is 6.33 Å².